The second kappa shape index (κ2) is 7.28. The molecule has 1 aromatic carbocycles. The molecular weight excluding hydrogens is 272 g/mol. The monoisotopic (exact) mass is 286 g/mol. The molecule has 6 heteroatoms. The fraction of sp³-hybridized carbons (Fsp3) is 0.333. The molecule has 0 aromatic heterocycles. The van der Waals surface area contributed by atoms with E-state index in [1.165, 1.54) is 18.8 Å². The number of hydrogen-bond acceptors (Lipinski definition) is 3. The summed E-state index contributed by atoms with van der Waals surface area (Å²) in [5.41, 5.74) is 0.983. The van der Waals surface area contributed by atoms with Crippen LogP contribution >= 0.6 is 23.4 Å². The van der Waals surface area contributed by atoms with E-state index in [9.17, 15) is 9.59 Å². The number of benzene rings is 1. The predicted octanol–water partition coefficient (Wildman–Crippen LogP) is 2.59. The molecule has 1 atom stereocenters. The predicted molar refractivity (Wildman–Crippen MR) is 74.9 cm³/mol. The smallest absolute Gasteiger partial charge is 0.321 e. The molecular formula is C12H15ClN2O2S. The summed E-state index contributed by atoms with van der Waals surface area (Å²) < 4.78 is 0. The van der Waals surface area contributed by atoms with Crippen LogP contribution in [0.4, 0.5) is 4.79 Å². The summed E-state index contributed by atoms with van der Waals surface area (Å²) in [5, 5.41) is 5.31. The van der Waals surface area contributed by atoms with Gasteiger partial charge < -0.3 is 5.32 Å². The molecule has 0 fully saturated rings. The summed E-state index contributed by atoms with van der Waals surface area (Å²) in [5.74, 6) is -0.113. The van der Waals surface area contributed by atoms with E-state index in [4.69, 9.17) is 11.6 Å². The van der Waals surface area contributed by atoms with E-state index in [1.807, 2.05) is 31.2 Å². The Labute approximate surface area is 115 Å². The lowest BCUT2D eigenvalue weighted by Crippen LogP contribution is -2.38. The van der Waals surface area contributed by atoms with Gasteiger partial charge in [0, 0.05) is 17.3 Å². The minimum atomic E-state index is -0.494. The maximum Gasteiger partial charge on any atom is 0.321 e. The molecule has 3 amide bonds. The average molecular weight is 287 g/mol. The molecule has 0 aliphatic rings. The van der Waals surface area contributed by atoms with E-state index in [-0.39, 0.29) is 16.9 Å². The van der Waals surface area contributed by atoms with E-state index in [2.05, 4.69) is 10.6 Å². The summed E-state index contributed by atoms with van der Waals surface area (Å²) in [7, 11) is 1.46. The van der Waals surface area contributed by atoms with Crippen molar-refractivity contribution in [2.24, 2.45) is 0 Å². The minimum Gasteiger partial charge on any atom is -0.341 e. The number of thioether (sulfide) groups is 1. The maximum atomic E-state index is 11.4. The van der Waals surface area contributed by atoms with Crippen LogP contribution in [-0.4, -0.2) is 24.7 Å². The second-order valence-electron chi connectivity index (χ2n) is 3.60. The van der Waals surface area contributed by atoms with Crippen LogP contribution < -0.4 is 10.6 Å². The molecule has 0 unspecified atom stereocenters. The number of urea groups is 1. The number of carbonyl (C=O) groups excluding carboxylic acids is 2. The highest BCUT2D eigenvalue weighted by Gasteiger charge is 2.12. The summed E-state index contributed by atoms with van der Waals surface area (Å²) in [6.45, 7) is 1.97. The minimum absolute atomic E-state index is 0.0918. The molecule has 18 heavy (non-hydrogen) atoms. The first kappa shape index (κ1) is 14.9. The first-order valence-electron chi connectivity index (χ1n) is 5.42. The maximum absolute atomic E-state index is 11.4. The summed E-state index contributed by atoms with van der Waals surface area (Å²) >= 11 is 7.49. The van der Waals surface area contributed by atoms with Crippen molar-refractivity contribution in [1.29, 1.82) is 0 Å². The standard InChI is InChI=1S/C12H15ClN2O2S/c1-8(9-5-3-4-6-10(9)13)18-7-11(16)15-12(17)14-2/h3-6,8H,7H2,1-2H3,(H2,14,15,16,17)/t8-/m0/s1. The van der Waals surface area contributed by atoms with Gasteiger partial charge >= 0.3 is 6.03 Å². The summed E-state index contributed by atoms with van der Waals surface area (Å²) in [6, 6.07) is 7.02. The largest absolute Gasteiger partial charge is 0.341 e. The number of imide groups is 1. The first-order chi connectivity index (χ1) is 8.54. The van der Waals surface area contributed by atoms with Gasteiger partial charge in [-0.25, -0.2) is 4.79 Å². The number of amides is 3. The van der Waals surface area contributed by atoms with Crippen molar-refractivity contribution in [2.45, 2.75) is 12.2 Å². The number of hydrogen-bond donors (Lipinski definition) is 2. The van der Waals surface area contributed by atoms with Gasteiger partial charge in [-0.05, 0) is 18.6 Å². The Morgan fingerprint density at radius 3 is 2.67 bits per heavy atom. The van der Waals surface area contributed by atoms with Crippen molar-refractivity contribution in [3.63, 3.8) is 0 Å². The highest BCUT2D eigenvalue weighted by atomic mass is 35.5. The van der Waals surface area contributed by atoms with Crippen LogP contribution in [0.3, 0.4) is 0 Å². The van der Waals surface area contributed by atoms with Crippen LogP contribution in [0.5, 0.6) is 0 Å². The van der Waals surface area contributed by atoms with Crippen molar-refractivity contribution in [3.8, 4) is 0 Å². The normalized spacial score (nSPS) is 11.7. The Bertz CT molecular complexity index is 440. The van der Waals surface area contributed by atoms with Crippen molar-refractivity contribution in [3.05, 3.63) is 34.9 Å². The van der Waals surface area contributed by atoms with Gasteiger partial charge in [-0.1, -0.05) is 29.8 Å². The zero-order valence-electron chi connectivity index (χ0n) is 10.2. The Hall–Kier alpha value is -1.20. The van der Waals surface area contributed by atoms with Gasteiger partial charge in [0.15, 0.2) is 0 Å². The van der Waals surface area contributed by atoms with Crippen molar-refractivity contribution in [1.82, 2.24) is 10.6 Å². The van der Waals surface area contributed by atoms with Gasteiger partial charge in [-0.2, -0.15) is 0 Å². The van der Waals surface area contributed by atoms with Crippen LogP contribution in [-0.2, 0) is 4.79 Å². The van der Waals surface area contributed by atoms with Gasteiger partial charge in [0.1, 0.15) is 0 Å². The van der Waals surface area contributed by atoms with Gasteiger partial charge in [0.2, 0.25) is 5.91 Å². The Morgan fingerprint density at radius 2 is 2.06 bits per heavy atom. The number of rotatable bonds is 4. The molecule has 98 valence electrons. The van der Waals surface area contributed by atoms with E-state index in [0.29, 0.717) is 5.02 Å². The number of nitrogens with one attached hydrogen (secondary N) is 2. The molecule has 0 bridgehead atoms. The molecule has 4 nitrogen and oxygen atoms in total. The van der Waals surface area contributed by atoms with Gasteiger partial charge in [0.25, 0.3) is 0 Å². The highest BCUT2D eigenvalue weighted by molar-refractivity contribution is 8.00. The second-order valence-corrected chi connectivity index (χ2v) is 5.34. The molecule has 0 aliphatic heterocycles. The van der Waals surface area contributed by atoms with E-state index in [1.54, 1.807) is 0 Å². The highest BCUT2D eigenvalue weighted by Crippen LogP contribution is 2.32. The van der Waals surface area contributed by atoms with Gasteiger partial charge in [-0.15, -0.1) is 11.8 Å². The Morgan fingerprint density at radius 1 is 1.39 bits per heavy atom. The molecule has 0 heterocycles. The SMILES string of the molecule is CNC(=O)NC(=O)CS[C@@H](C)c1ccccc1Cl. The van der Waals surface area contributed by atoms with Crippen molar-refractivity contribution >= 4 is 35.3 Å². The molecule has 0 saturated heterocycles. The molecule has 2 N–H and O–H groups in total. The van der Waals surface area contributed by atoms with E-state index < -0.39 is 6.03 Å². The van der Waals surface area contributed by atoms with E-state index in [0.717, 1.165) is 5.56 Å². The lowest BCUT2D eigenvalue weighted by atomic mass is 10.2. The lowest BCUT2D eigenvalue weighted by molar-refractivity contribution is -0.117. The topological polar surface area (TPSA) is 58.2 Å². The van der Waals surface area contributed by atoms with Crippen molar-refractivity contribution < 1.29 is 9.59 Å². The van der Waals surface area contributed by atoms with Crippen LogP contribution in [0.1, 0.15) is 17.7 Å². The molecule has 1 rings (SSSR count). The molecule has 0 aliphatic carbocycles. The summed E-state index contributed by atoms with van der Waals surface area (Å²) in [6.07, 6.45) is 0. The molecule has 0 radical (unpaired) electrons. The number of halogens is 1. The van der Waals surface area contributed by atoms with Crippen LogP contribution in [0.2, 0.25) is 5.02 Å². The number of carbonyl (C=O) groups is 2. The molecule has 0 saturated carbocycles. The fourth-order valence-corrected chi connectivity index (χ4v) is 2.54. The fourth-order valence-electron chi connectivity index (χ4n) is 1.32. The van der Waals surface area contributed by atoms with Crippen LogP contribution in [0.15, 0.2) is 24.3 Å². The van der Waals surface area contributed by atoms with Crippen LogP contribution in [0.25, 0.3) is 0 Å². The third kappa shape index (κ3) is 4.58. The molecule has 0 spiro atoms. The third-order valence-electron chi connectivity index (χ3n) is 2.29. The Balaban J connectivity index is 2.47. The average Bonchev–Trinajstić information content (AvgIpc) is 2.36. The quantitative estimate of drug-likeness (QED) is 0.894. The Kier molecular flexibility index (Phi) is 6.01. The third-order valence-corrected chi connectivity index (χ3v) is 3.81. The molecule has 1 aromatic rings. The van der Waals surface area contributed by atoms with Gasteiger partial charge in [0.05, 0.1) is 5.75 Å². The van der Waals surface area contributed by atoms with Crippen molar-refractivity contribution in [2.75, 3.05) is 12.8 Å². The first-order valence-corrected chi connectivity index (χ1v) is 6.85. The zero-order valence-corrected chi connectivity index (χ0v) is 11.8. The van der Waals surface area contributed by atoms with Crippen LogP contribution in [0, 0.1) is 0 Å². The zero-order chi connectivity index (χ0) is 13.5. The summed E-state index contributed by atoms with van der Waals surface area (Å²) in [4.78, 5) is 22.3. The lowest BCUT2D eigenvalue weighted by Gasteiger charge is -2.12. The van der Waals surface area contributed by atoms with E-state index >= 15 is 0 Å². The van der Waals surface area contributed by atoms with Gasteiger partial charge in [-0.3, -0.25) is 10.1 Å².